The molecular formula is C21H28N6O4S. The summed E-state index contributed by atoms with van der Waals surface area (Å²) in [4.78, 5) is 35.1. The molecule has 32 heavy (non-hydrogen) atoms. The largest absolute Gasteiger partial charge is 0.352 e. The minimum absolute atomic E-state index is 0.0140. The summed E-state index contributed by atoms with van der Waals surface area (Å²) in [6, 6.07) is 5.78. The molecule has 2 N–H and O–H groups in total. The lowest BCUT2D eigenvalue weighted by Gasteiger charge is -2.29. The van der Waals surface area contributed by atoms with E-state index in [2.05, 4.69) is 27.8 Å². The van der Waals surface area contributed by atoms with Gasteiger partial charge in [-0.25, -0.2) is 0 Å². The molecule has 1 fully saturated rings. The lowest BCUT2D eigenvalue weighted by molar-refractivity contribution is -0.384. The SMILES string of the molecule is CCn1c(CNC(=O)c2cccc([N+](=O)[O-])c2)nnc1SCC(=O)N[C@H]1CCCC[C@H]1C. The number of aromatic nitrogens is 3. The molecule has 10 nitrogen and oxygen atoms in total. The van der Waals surface area contributed by atoms with E-state index in [1.807, 2.05) is 11.5 Å². The highest BCUT2D eigenvalue weighted by Gasteiger charge is 2.23. The van der Waals surface area contributed by atoms with Gasteiger partial charge in [-0.05, 0) is 31.7 Å². The van der Waals surface area contributed by atoms with Gasteiger partial charge in [0.15, 0.2) is 11.0 Å². The second-order valence-electron chi connectivity index (χ2n) is 7.86. The van der Waals surface area contributed by atoms with Crippen molar-refractivity contribution in [1.29, 1.82) is 0 Å². The summed E-state index contributed by atoms with van der Waals surface area (Å²) >= 11 is 1.32. The number of nitrogens with zero attached hydrogens (tertiary/aromatic N) is 4. The van der Waals surface area contributed by atoms with Crippen LogP contribution in [0.3, 0.4) is 0 Å². The number of rotatable bonds is 9. The molecule has 1 saturated carbocycles. The van der Waals surface area contributed by atoms with Crippen LogP contribution in [-0.2, 0) is 17.9 Å². The second kappa shape index (κ2) is 11.1. The highest BCUT2D eigenvalue weighted by atomic mass is 32.2. The molecule has 1 aliphatic carbocycles. The molecular weight excluding hydrogens is 432 g/mol. The fourth-order valence-corrected chi connectivity index (χ4v) is 4.64. The lowest BCUT2D eigenvalue weighted by Crippen LogP contribution is -2.41. The van der Waals surface area contributed by atoms with Crippen molar-refractivity contribution in [3.63, 3.8) is 0 Å². The van der Waals surface area contributed by atoms with E-state index in [0.29, 0.717) is 23.4 Å². The van der Waals surface area contributed by atoms with E-state index in [1.165, 1.54) is 42.4 Å². The molecule has 3 rings (SSSR count). The Morgan fingerprint density at radius 1 is 1.28 bits per heavy atom. The number of carbonyl (C=O) groups is 2. The molecule has 2 atom stereocenters. The van der Waals surface area contributed by atoms with Crippen molar-refractivity contribution in [2.45, 2.75) is 63.8 Å². The molecule has 0 aliphatic heterocycles. The molecule has 0 radical (unpaired) electrons. The summed E-state index contributed by atoms with van der Waals surface area (Å²) in [5, 5.41) is 25.7. The van der Waals surface area contributed by atoms with Gasteiger partial charge in [-0.3, -0.25) is 19.7 Å². The van der Waals surface area contributed by atoms with Crippen molar-refractivity contribution in [1.82, 2.24) is 25.4 Å². The average Bonchev–Trinajstić information content (AvgIpc) is 3.19. The van der Waals surface area contributed by atoms with E-state index in [4.69, 9.17) is 0 Å². The van der Waals surface area contributed by atoms with Crippen molar-refractivity contribution in [2.24, 2.45) is 5.92 Å². The van der Waals surface area contributed by atoms with Gasteiger partial charge in [0.2, 0.25) is 5.91 Å². The van der Waals surface area contributed by atoms with Crippen LogP contribution in [0.1, 0.15) is 55.7 Å². The van der Waals surface area contributed by atoms with Crippen LogP contribution < -0.4 is 10.6 Å². The Hall–Kier alpha value is -2.95. The molecule has 2 aromatic rings. The quantitative estimate of drug-likeness (QED) is 0.334. The first-order valence-electron chi connectivity index (χ1n) is 10.8. The lowest BCUT2D eigenvalue weighted by atomic mass is 9.86. The number of nitro benzene ring substituents is 1. The summed E-state index contributed by atoms with van der Waals surface area (Å²) in [6.45, 7) is 4.82. The van der Waals surface area contributed by atoms with Gasteiger partial charge in [0, 0.05) is 30.3 Å². The molecule has 0 saturated heterocycles. The normalized spacial score (nSPS) is 18.2. The third kappa shape index (κ3) is 6.06. The predicted octanol–water partition coefficient (Wildman–Crippen LogP) is 2.92. The molecule has 0 spiro atoms. The van der Waals surface area contributed by atoms with Crippen LogP contribution in [0.5, 0.6) is 0 Å². The molecule has 1 heterocycles. The standard InChI is InChI=1S/C21H28N6O4S/c1-3-26-18(12-22-20(29)15-8-6-9-16(11-15)27(30)31)24-25-21(26)32-13-19(28)23-17-10-5-4-7-14(17)2/h6,8-9,11,14,17H,3-5,7,10,12-13H2,1-2H3,(H,22,29)(H,23,28)/t14-,17+/m1/s1. The Morgan fingerprint density at radius 3 is 2.78 bits per heavy atom. The molecule has 11 heteroatoms. The number of nitrogens with one attached hydrogen (secondary N) is 2. The number of benzene rings is 1. The Kier molecular flexibility index (Phi) is 8.20. The molecule has 172 valence electrons. The molecule has 0 unspecified atom stereocenters. The van der Waals surface area contributed by atoms with E-state index in [-0.39, 0.29) is 35.5 Å². The topological polar surface area (TPSA) is 132 Å². The summed E-state index contributed by atoms with van der Waals surface area (Å²) < 4.78 is 1.84. The maximum absolute atomic E-state index is 12.4. The average molecular weight is 461 g/mol. The number of hydrogen-bond acceptors (Lipinski definition) is 7. The Morgan fingerprint density at radius 2 is 2.06 bits per heavy atom. The number of carbonyl (C=O) groups excluding carboxylic acids is 2. The number of amides is 2. The third-order valence-electron chi connectivity index (χ3n) is 5.63. The van der Waals surface area contributed by atoms with Crippen LogP contribution in [0.4, 0.5) is 5.69 Å². The van der Waals surface area contributed by atoms with E-state index in [9.17, 15) is 19.7 Å². The maximum Gasteiger partial charge on any atom is 0.270 e. The van der Waals surface area contributed by atoms with E-state index in [0.717, 1.165) is 19.3 Å². The number of non-ortho nitro benzene ring substituents is 1. The first kappa shape index (κ1) is 23.7. The van der Waals surface area contributed by atoms with Gasteiger partial charge < -0.3 is 15.2 Å². The Labute approximate surface area is 190 Å². The number of thioether (sulfide) groups is 1. The molecule has 2 amide bonds. The van der Waals surface area contributed by atoms with E-state index < -0.39 is 10.8 Å². The summed E-state index contributed by atoms with van der Waals surface area (Å²) in [6.07, 6.45) is 4.55. The molecule has 0 bridgehead atoms. The van der Waals surface area contributed by atoms with E-state index in [1.54, 1.807) is 0 Å². The van der Waals surface area contributed by atoms with Crippen molar-refractivity contribution in [2.75, 3.05) is 5.75 Å². The van der Waals surface area contributed by atoms with Crippen LogP contribution in [0.25, 0.3) is 0 Å². The smallest absolute Gasteiger partial charge is 0.270 e. The molecule has 1 aromatic carbocycles. The first-order valence-corrected chi connectivity index (χ1v) is 11.7. The fraction of sp³-hybridized carbons (Fsp3) is 0.524. The second-order valence-corrected chi connectivity index (χ2v) is 8.80. The van der Waals surface area contributed by atoms with Crippen LogP contribution >= 0.6 is 11.8 Å². The zero-order valence-corrected chi connectivity index (χ0v) is 19.1. The predicted molar refractivity (Wildman–Crippen MR) is 120 cm³/mol. The van der Waals surface area contributed by atoms with Gasteiger partial charge >= 0.3 is 0 Å². The summed E-state index contributed by atoms with van der Waals surface area (Å²) in [5.74, 6) is 0.851. The van der Waals surface area contributed by atoms with Crippen LogP contribution in [-0.4, -0.2) is 43.3 Å². The highest BCUT2D eigenvalue weighted by molar-refractivity contribution is 7.99. The van der Waals surface area contributed by atoms with Gasteiger partial charge in [0.05, 0.1) is 17.2 Å². The molecule has 1 aliphatic rings. The highest BCUT2D eigenvalue weighted by Crippen LogP contribution is 2.24. The Balaban J connectivity index is 1.55. The molecule has 1 aromatic heterocycles. The van der Waals surface area contributed by atoms with Crippen LogP contribution in [0.2, 0.25) is 0 Å². The van der Waals surface area contributed by atoms with Crippen molar-refractivity contribution in [3.8, 4) is 0 Å². The van der Waals surface area contributed by atoms with Gasteiger partial charge in [-0.1, -0.05) is 37.6 Å². The minimum atomic E-state index is -0.543. The maximum atomic E-state index is 12.4. The minimum Gasteiger partial charge on any atom is -0.352 e. The van der Waals surface area contributed by atoms with E-state index >= 15 is 0 Å². The fourth-order valence-electron chi connectivity index (χ4n) is 3.81. The third-order valence-corrected chi connectivity index (χ3v) is 6.59. The monoisotopic (exact) mass is 460 g/mol. The van der Waals surface area contributed by atoms with Crippen LogP contribution in [0.15, 0.2) is 29.4 Å². The van der Waals surface area contributed by atoms with Gasteiger partial charge in [0.1, 0.15) is 0 Å². The van der Waals surface area contributed by atoms with Crippen LogP contribution in [0, 0.1) is 16.0 Å². The van der Waals surface area contributed by atoms with Gasteiger partial charge in [-0.15, -0.1) is 10.2 Å². The zero-order valence-electron chi connectivity index (χ0n) is 18.2. The summed E-state index contributed by atoms with van der Waals surface area (Å²) in [5.41, 5.74) is 0.0546. The van der Waals surface area contributed by atoms with Gasteiger partial charge in [-0.2, -0.15) is 0 Å². The first-order chi connectivity index (χ1) is 15.4. The zero-order chi connectivity index (χ0) is 23.1. The van der Waals surface area contributed by atoms with Crippen molar-refractivity contribution >= 4 is 29.3 Å². The number of nitro groups is 1. The Bertz CT molecular complexity index is 979. The number of hydrogen-bond donors (Lipinski definition) is 2. The summed E-state index contributed by atoms with van der Waals surface area (Å²) in [7, 11) is 0. The van der Waals surface area contributed by atoms with Crippen molar-refractivity contribution < 1.29 is 14.5 Å². The van der Waals surface area contributed by atoms with Gasteiger partial charge in [0.25, 0.3) is 11.6 Å². The van der Waals surface area contributed by atoms with Crippen molar-refractivity contribution in [3.05, 3.63) is 45.8 Å².